The van der Waals surface area contributed by atoms with Crippen LogP contribution in [0.3, 0.4) is 0 Å². The monoisotopic (exact) mass is 393 g/mol. The highest BCUT2D eigenvalue weighted by Crippen LogP contribution is 2.41. The number of rotatable bonds is 4. The largest absolute Gasteiger partial charge is 0.465 e. The number of nitrogens with zero attached hydrogens (tertiary/aromatic N) is 2. The fourth-order valence-corrected chi connectivity index (χ4v) is 4.30. The highest BCUT2D eigenvalue weighted by atomic mass is 32.2. The van der Waals surface area contributed by atoms with Crippen molar-refractivity contribution in [2.24, 2.45) is 0 Å². The molecule has 142 valence electrons. The lowest BCUT2D eigenvalue weighted by atomic mass is 10.0. The molecule has 2 aromatic carbocycles. The molecule has 0 unspecified atom stereocenters. The molecule has 4 rings (SSSR count). The van der Waals surface area contributed by atoms with Gasteiger partial charge in [-0.05, 0) is 23.3 Å². The van der Waals surface area contributed by atoms with Gasteiger partial charge in [-0.25, -0.2) is 9.48 Å². The summed E-state index contributed by atoms with van der Waals surface area (Å²) in [4.78, 5) is 24.0. The Hall–Kier alpha value is -3.06. The maximum atomic E-state index is 12.3. The fourth-order valence-electron chi connectivity index (χ4n) is 3.21. The standard InChI is InChI=1S/C21H19N3O3S/c1-27-21(26)16-9-7-15(8-10-16)19-17-11-22-24(12-14-5-3-2-4-6-14)20(17)23-18(25)13-28-19/h2-11,19H,12-13H2,1H3,(H,23,25)/t19-/m0/s1. The van der Waals surface area contributed by atoms with Crippen molar-refractivity contribution in [1.82, 2.24) is 9.78 Å². The number of aromatic nitrogens is 2. The van der Waals surface area contributed by atoms with Crippen molar-refractivity contribution in [1.29, 1.82) is 0 Å². The molecule has 7 heteroatoms. The molecule has 1 aliphatic rings. The van der Waals surface area contributed by atoms with Crippen LogP contribution >= 0.6 is 11.8 Å². The van der Waals surface area contributed by atoms with Crippen LogP contribution < -0.4 is 5.32 Å². The number of ether oxygens (including phenoxy) is 1. The first kappa shape index (κ1) is 18.3. The molecule has 1 aliphatic heterocycles. The van der Waals surface area contributed by atoms with E-state index in [2.05, 4.69) is 10.4 Å². The molecule has 0 bridgehead atoms. The highest BCUT2D eigenvalue weighted by Gasteiger charge is 2.27. The molecular weight excluding hydrogens is 374 g/mol. The van der Waals surface area contributed by atoms with Gasteiger partial charge in [0, 0.05) is 5.56 Å². The van der Waals surface area contributed by atoms with E-state index in [0.717, 1.165) is 22.5 Å². The number of amides is 1. The van der Waals surface area contributed by atoms with Crippen molar-refractivity contribution in [3.8, 4) is 0 Å². The second-order valence-corrected chi connectivity index (χ2v) is 7.54. The van der Waals surface area contributed by atoms with Crippen LogP contribution in [-0.2, 0) is 16.1 Å². The van der Waals surface area contributed by atoms with Gasteiger partial charge in [0.15, 0.2) is 0 Å². The maximum Gasteiger partial charge on any atom is 0.337 e. The Balaban J connectivity index is 1.68. The Bertz CT molecular complexity index is 999. The van der Waals surface area contributed by atoms with Crippen LogP contribution in [0.1, 0.15) is 32.3 Å². The topological polar surface area (TPSA) is 73.2 Å². The zero-order chi connectivity index (χ0) is 19.5. The van der Waals surface area contributed by atoms with Gasteiger partial charge >= 0.3 is 5.97 Å². The van der Waals surface area contributed by atoms with Crippen molar-refractivity contribution < 1.29 is 14.3 Å². The Morgan fingerprint density at radius 2 is 1.96 bits per heavy atom. The van der Waals surface area contributed by atoms with Gasteiger partial charge < -0.3 is 10.1 Å². The summed E-state index contributed by atoms with van der Waals surface area (Å²) >= 11 is 1.55. The van der Waals surface area contributed by atoms with E-state index in [4.69, 9.17) is 4.74 Å². The number of nitrogens with one attached hydrogen (secondary N) is 1. The van der Waals surface area contributed by atoms with Crippen LogP contribution in [0.15, 0.2) is 60.8 Å². The maximum absolute atomic E-state index is 12.3. The van der Waals surface area contributed by atoms with Crippen molar-refractivity contribution in [2.75, 3.05) is 18.2 Å². The molecule has 6 nitrogen and oxygen atoms in total. The van der Waals surface area contributed by atoms with E-state index in [-0.39, 0.29) is 17.1 Å². The molecular formula is C21H19N3O3S. The summed E-state index contributed by atoms with van der Waals surface area (Å²) < 4.78 is 6.58. The van der Waals surface area contributed by atoms with Crippen molar-refractivity contribution >= 4 is 29.5 Å². The second kappa shape index (κ2) is 7.90. The van der Waals surface area contributed by atoms with Gasteiger partial charge in [0.1, 0.15) is 5.82 Å². The van der Waals surface area contributed by atoms with E-state index in [1.807, 2.05) is 53.3 Å². The molecule has 0 aliphatic carbocycles. The summed E-state index contributed by atoms with van der Waals surface area (Å²) in [6.07, 6.45) is 1.82. The molecule has 1 amide bonds. The zero-order valence-electron chi connectivity index (χ0n) is 15.3. The first-order valence-electron chi connectivity index (χ1n) is 8.85. The molecule has 0 fully saturated rings. The molecule has 1 aromatic heterocycles. The summed E-state index contributed by atoms with van der Waals surface area (Å²) in [5.41, 5.74) is 3.57. The van der Waals surface area contributed by atoms with E-state index >= 15 is 0 Å². The summed E-state index contributed by atoms with van der Waals surface area (Å²) in [5, 5.41) is 7.46. The van der Waals surface area contributed by atoms with Crippen LogP contribution in [0.5, 0.6) is 0 Å². The zero-order valence-corrected chi connectivity index (χ0v) is 16.1. The number of fused-ring (bicyclic) bond motifs is 1. The molecule has 0 saturated heterocycles. The van der Waals surface area contributed by atoms with Gasteiger partial charge in [-0.3, -0.25) is 4.79 Å². The molecule has 0 radical (unpaired) electrons. The molecule has 1 atom stereocenters. The Morgan fingerprint density at radius 3 is 2.68 bits per heavy atom. The van der Waals surface area contributed by atoms with Gasteiger partial charge in [-0.15, -0.1) is 11.8 Å². The summed E-state index contributed by atoms with van der Waals surface area (Å²) in [7, 11) is 1.36. The van der Waals surface area contributed by atoms with Gasteiger partial charge in [0.05, 0.1) is 36.4 Å². The number of thioether (sulfide) groups is 1. The Morgan fingerprint density at radius 1 is 1.21 bits per heavy atom. The molecule has 2 heterocycles. The fraction of sp³-hybridized carbons (Fsp3) is 0.190. The number of carbonyl (C=O) groups is 2. The number of benzene rings is 2. The van der Waals surface area contributed by atoms with Crippen molar-refractivity contribution in [3.63, 3.8) is 0 Å². The molecule has 0 spiro atoms. The normalized spacial score (nSPS) is 16.0. The third-order valence-corrected chi connectivity index (χ3v) is 5.89. The van der Waals surface area contributed by atoms with Crippen molar-refractivity contribution in [2.45, 2.75) is 11.8 Å². The first-order chi connectivity index (χ1) is 13.7. The van der Waals surface area contributed by atoms with Gasteiger partial charge in [0.2, 0.25) is 5.91 Å². The number of hydrogen-bond donors (Lipinski definition) is 1. The predicted octanol–water partition coefficient (Wildman–Crippen LogP) is 3.49. The van der Waals surface area contributed by atoms with E-state index in [0.29, 0.717) is 17.9 Å². The summed E-state index contributed by atoms with van der Waals surface area (Å²) in [6.45, 7) is 0.578. The van der Waals surface area contributed by atoms with Crippen LogP contribution in [0.25, 0.3) is 0 Å². The average Bonchev–Trinajstić information content (AvgIpc) is 3.02. The van der Waals surface area contributed by atoms with Crippen LogP contribution in [-0.4, -0.2) is 34.5 Å². The lowest BCUT2D eigenvalue weighted by molar-refractivity contribution is -0.113. The van der Waals surface area contributed by atoms with Crippen molar-refractivity contribution in [3.05, 3.63) is 83.0 Å². The quantitative estimate of drug-likeness (QED) is 0.687. The third kappa shape index (κ3) is 3.66. The second-order valence-electron chi connectivity index (χ2n) is 6.44. The lowest BCUT2D eigenvalue weighted by Gasteiger charge is -2.15. The Kier molecular flexibility index (Phi) is 5.16. The minimum Gasteiger partial charge on any atom is -0.465 e. The number of methoxy groups -OCH3 is 1. The van der Waals surface area contributed by atoms with E-state index in [9.17, 15) is 9.59 Å². The number of hydrogen-bond acceptors (Lipinski definition) is 5. The van der Waals surface area contributed by atoms with Crippen LogP contribution in [0.4, 0.5) is 5.82 Å². The summed E-state index contributed by atoms with van der Waals surface area (Å²) in [5.74, 6) is 0.660. The van der Waals surface area contributed by atoms with Gasteiger partial charge in [-0.2, -0.15) is 5.10 Å². The van der Waals surface area contributed by atoms with Gasteiger partial charge in [-0.1, -0.05) is 42.5 Å². The third-order valence-electron chi connectivity index (χ3n) is 4.60. The molecule has 1 N–H and O–H groups in total. The molecule has 0 saturated carbocycles. The van der Waals surface area contributed by atoms with Crippen LogP contribution in [0, 0.1) is 0 Å². The number of anilines is 1. The minimum absolute atomic E-state index is 0.0465. The van der Waals surface area contributed by atoms with E-state index in [1.165, 1.54) is 7.11 Å². The van der Waals surface area contributed by atoms with Crippen LogP contribution in [0.2, 0.25) is 0 Å². The smallest absolute Gasteiger partial charge is 0.337 e. The molecule has 3 aromatic rings. The number of esters is 1. The SMILES string of the molecule is COC(=O)c1ccc([C@@H]2SCC(=O)Nc3c2cnn3Cc2ccccc2)cc1. The average molecular weight is 393 g/mol. The van der Waals surface area contributed by atoms with Gasteiger partial charge in [0.25, 0.3) is 0 Å². The Labute approximate surface area is 166 Å². The minimum atomic E-state index is -0.367. The molecule has 28 heavy (non-hydrogen) atoms. The first-order valence-corrected chi connectivity index (χ1v) is 9.90. The summed E-state index contributed by atoms with van der Waals surface area (Å²) in [6, 6.07) is 17.3. The predicted molar refractivity (Wildman–Crippen MR) is 108 cm³/mol. The lowest BCUT2D eigenvalue weighted by Crippen LogP contribution is -2.16. The van der Waals surface area contributed by atoms with E-state index in [1.54, 1.807) is 23.9 Å². The highest BCUT2D eigenvalue weighted by molar-refractivity contribution is 8.00. The number of carbonyl (C=O) groups excluding carboxylic acids is 2. The van der Waals surface area contributed by atoms with E-state index < -0.39 is 0 Å².